The molecule has 0 aliphatic rings. The molecule has 0 bridgehead atoms. The first-order valence-electron chi connectivity index (χ1n) is 8.13. The van der Waals surface area contributed by atoms with Crippen LogP contribution in [-0.4, -0.2) is 17.5 Å². The Hall–Kier alpha value is -3.02. The summed E-state index contributed by atoms with van der Waals surface area (Å²) >= 11 is 0. The molecule has 0 fully saturated rings. The summed E-state index contributed by atoms with van der Waals surface area (Å²) in [6.45, 7) is 0.929. The number of halogens is 2. The van der Waals surface area contributed by atoms with E-state index in [1.807, 2.05) is 32.0 Å². The lowest BCUT2D eigenvalue weighted by Gasteiger charge is -2.13. The number of aryl methyl sites for hydroxylation is 2. The molecule has 1 heterocycles. The molecule has 2 aromatic carbocycles. The van der Waals surface area contributed by atoms with E-state index < -0.39 is 6.61 Å². The van der Waals surface area contributed by atoms with Crippen LogP contribution in [0.25, 0.3) is 10.9 Å². The molecule has 0 unspecified atom stereocenters. The fourth-order valence-corrected chi connectivity index (χ4v) is 2.79. The lowest BCUT2D eigenvalue weighted by atomic mass is 10.0. The van der Waals surface area contributed by atoms with E-state index in [0.29, 0.717) is 11.1 Å². The average Bonchev–Trinajstić information content (AvgIpc) is 2.60. The maximum atomic E-state index is 12.7. The zero-order valence-corrected chi connectivity index (χ0v) is 14.4. The van der Waals surface area contributed by atoms with Gasteiger partial charge < -0.3 is 10.1 Å². The van der Waals surface area contributed by atoms with Crippen molar-refractivity contribution >= 4 is 16.8 Å². The largest absolute Gasteiger partial charge is 0.434 e. The third-order valence-corrected chi connectivity index (χ3v) is 3.96. The van der Waals surface area contributed by atoms with Crippen molar-refractivity contribution in [1.82, 2.24) is 10.3 Å². The fourth-order valence-electron chi connectivity index (χ4n) is 2.79. The van der Waals surface area contributed by atoms with Crippen molar-refractivity contribution in [3.05, 3.63) is 70.9 Å². The number of benzene rings is 2. The van der Waals surface area contributed by atoms with Crippen LogP contribution in [0.2, 0.25) is 0 Å². The molecule has 0 radical (unpaired) electrons. The SMILES string of the molecule is Cc1ccc2nc(C)cc(C(=O)NCc3ccccc3OC(F)F)c2c1. The number of rotatable bonds is 5. The summed E-state index contributed by atoms with van der Waals surface area (Å²) in [5.74, 6) is -0.243. The zero-order chi connectivity index (χ0) is 18.7. The topological polar surface area (TPSA) is 51.2 Å². The number of amides is 1. The number of aromatic nitrogens is 1. The Balaban J connectivity index is 1.86. The normalized spacial score (nSPS) is 11.0. The van der Waals surface area contributed by atoms with Crippen molar-refractivity contribution in [3.63, 3.8) is 0 Å². The molecule has 0 saturated heterocycles. The molecule has 26 heavy (non-hydrogen) atoms. The summed E-state index contributed by atoms with van der Waals surface area (Å²) in [6, 6.07) is 13.8. The number of alkyl halides is 2. The van der Waals surface area contributed by atoms with Crippen LogP contribution < -0.4 is 10.1 Å². The monoisotopic (exact) mass is 356 g/mol. The highest BCUT2D eigenvalue weighted by Gasteiger charge is 2.14. The number of fused-ring (bicyclic) bond motifs is 1. The Labute approximate surface area is 149 Å². The maximum absolute atomic E-state index is 12.7. The minimum Gasteiger partial charge on any atom is -0.434 e. The maximum Gasteiger partial charge on any atom is 0.387 e. The Morgan fingerprint density at radius 1 is 1.15 bits per heavy atom. The van der Waals surface area contributed by atoms with Crippen molar-refractivity contribution in [1.29, 1.82) is 0 Å². The van der Waals surface area contributed by atoms with Crippen molar-refractivity contribution in [2.24, 2.45) is 0 Å². The Morgan fingerprint density at radius 2 is 1.92 bits per heavy atom. The first kappa shape index (κ1) is 17.8. The molecule has 134 valence electrons. The summed E-state index contributed by atoms with van der Waals surface area (Å²) in [4.78, 5) is 17.1. The number of carbonyl (C=O) groups is 1. The van der Waals surface area contributed by atoms with Gasteiger partial charge in [-0.15, -0.1) is 0 Å². The van der Waals surface area contributed by atoms with Crippen LogP contribution in [0.1, 0.15) is 27.2 Å². The van der Waals surface area contributed by atoms with E-state index in [1.165, 1.54) is 6.07 Å². The quantitative estimate of drug-likeness (QED) is 0.738. The number of carbonyl (C=O) groups excluding carboxylic acids is 1. The average molecular weight is 356 g/mol. The van der Waals surface area contributed by atoms with Gasteiger partial charge in [-0.3, -0.25) is 9.78 Å². The molecule has 3 aromatic rings. The molecular formula is C20H18F2N2O2. The number of ether oxygens (including phenoxy) is 1. The number of hydrogen-bond acceptors (Lipinski definition) is 3. The van der Waals surface area contributed by atoms with E-state index in [9.17, 15) is 13.6 Å². The smallest absolute Gasteiger partial charge is 0.387 e. The minimum absolute atomic E-state index is 0.0504. The van der Waals surface area contributed by atoms with Crippen molar-refractivity contribution in [2.45, 2.75) is 27.0 Å². The zero-order valence-electron chi connectivity index (χ0n) is 14.4. The fraction of sp³-hybridized carbons (Fsp3) is 0.200. The lowest BCUT2D eigenvalue weighted by Crippen LogP contribution is -2.24. The van der Waals surface area contributed by atoms with E-state index in [1.54, 1.807) is 24.3 Å². The standard InChI is InChI=1S/C20H18F2N2O2/c1-12-7-8-17-15(9-12)16(10-13(2)24-17)19(25)23-11-14-5-3-4-6-18(14)26-20(21)22/h3-10,20H,11H2,1-2H3,(H,23,25). The molecule has 6 heteroatoms. The second-order valence-electron chi connectivity index (χ2n) is 6.00. The Morgan fingerprint density at radius 3 is 2.69 bits per heavy atom. The highest BCUT2D eigenvalue weighted by Crippen LogP contribution is 2.22. The summed E-state index contributed by atoms with van der Waals surface area (Å²) in [7, 11) is 0. The molecule has 4 nitrogen and oxygen atoms in total. The van der Waals surface area contributed by atoms with Crippen molar-refractivity contribution in [3.8, 4) is 5.75 Å². The van der Waals surface area contributed by atoms with Crippen molar-refractivity contribution < 1.29 is 18.3 Å². The molecule has 0 spiro atoms. The van der Waals surface area contributed by atoms with Crippen LogP contribution in [0.5, 0.6) is 5.75 Å². The Bertz CT molecular complexity index is 958. The van der Waals surface area contributed by atoms with Gasteiger partial charge >= 0.3 is 6.61 Å². The number of hydrogen-bond donors (Lipinski definition) is 1. The van der Waals surface area contributed by atoms with E-state index in [2.05, 4.69) is 15.0 Å². The van der Waals surface area contributed by atoms with Crippen molar-refractivity contribution in [2.75, 3.05) is 0 Å². The van der Waals surface area contributed by atoms with Crippen LogP contribution in [0.15, 0.2) is 48.5 Å². The third-order valence-electron chi connectivity index (χ3n) is 3.96. The van der Waals surface area contributed by atoms with Crippen LogP contribution in [0, 0.1) is 13.8 Å². The third kappa shape index (κ3) is 3.96. The molecule has 1 N–H and O–H groups in total. The van der Waals surface area contributed by atoms with Gasteiger partial charge in [0.25, 0.3) is 5.91 Å². The van der Waals surface area contributed by atoms with Gasteiger partial charge in [-0.1, -0.05) is 29.8 Å². The van der Waals surface area contributed by atoms with Gasteiger partial charge in [0.1, 0.15) is 5.75 Å². The molecule has 0 aliphatic carbocycles. The number of nitrogens with one attached hydrogen (secondary N) is 1. The lowest BCUT2D eigenvalue weighted by molar-refractivity contribution is -0.0504. The van der Waals surface area contributed by atoms with E-state index in [4.69, 9.17) is 0 Å². The van der Waals surface area contributed by atoms with Gasteiger partial charge in [-0.2, -0.15) is 8.78 Å². The van der Waals surface area contributed by atoms with Gasteiger partial charge in [0.2, 0.25) is 0 Å². The van der Waals surface area contributed by atoms with Gasteiger partial charge in [0.05, 0.1) is 11.1 Å². The van der Waals surface area contributed by atoms with Crippen LogP contribution in [0.3, 0.4) is 0 Å². The summed E-state index contributed by atoms with van der Waals surface area (Å²) < 4.78 is 29.5. The van der Waals surface area contributed by atoms with E-state index in [-0.39, 0.29) is 18.2 Å². The second kappa shape index (κ2) is 7.47. The first-order valence-corrected chi connectivity index (χ1v) is 8.13. The molecule has 1 amide bonds. The molecule has 3 rings (SSSR count). The molecule has 0 saturated carbocycles. The number of para-hydroxylation sites is 1. The van der Waals surface area contributed by atoms with Crippen LogP contribution in [-0.2, 0) is 6.54 Å². The van der Waals surface area contributed by atoms with Gasteiger partial charge in [-0.25, -0.2) is 0 Å². The van der Waals surface area contributed by atoms with E-state index in [0.717, 1.165) is 22.2 Å². The van der Waals surface area contributed by atoms with Gasteiger partial charge in [0.15, 0.2) is 0 Å². The number of pyridine rings is 1. The first-order chi connectivity index (χ1) is 12.4. The predicted molar refractivity (Wildman–Crippen MR) is 95.5 cm³/mol. The molecule has 1 aromatic heterocycles. The van der Waals surface area contributed by atoms with Crippen LogP contribution in [0.4, 0.5) is 8.78 Å². The number of nitrogens with zero attached hydrogens (tertiary/aromatic N) is 1. The minimum atomic E-state index is -2.92. The highest BCUT2D eigenvalue weighted by molar-refractivity contribution is 6.06. The highest BCUT2D eigenvalue weighted by atomic mass is 19.3. The van der Waals surface area contributed by atoms with Gasteiger partial charge in [0, 0.05) is 23.2 Å². The Kier molecular flexibility index (Phi) is 5.11. The molecule has 0 aliphatic heterocycles. The summed E-state index contributed by atoms with van der Waals surface area (Å²) in [6.07, 6.45) is 0. The molecular weight excluding hydrogens is 338 g/mol. The molecule has 0 atom stereocenters. The van der Waals surface area contributed by atoms with Gasteiger partial charge in [-0.05, 0) is 38.1 Å². The van der Waals surface area contributed by atoms with E-state index >= 15 is 0 Å². The summed E-state index contributed by atoms with van der Waals surface area (Å²) in [5.41, 5.74) is 3.47. The summed E-state index contributed by atoms with van der Waals surface area (Å²) in [5, 5.41) is 3.53. The predicted octanol–water partition coefficient (Wildman–Crippen LogP) is 4.38. The van der Waals surface area contributed by atoms with Crippen LogP contribution >= 0.6 is 0 Å². The second-order valence-corrected chi connectivity index (χ2v) is 6.00.